The number of hydrogen-bond donors (Lipinski definition) is 2. The minimum Gasteiger partial charge on any atom is -0.391 e. The van der Waals surface area contributed by atoms with Gasteiger partial charge in [-0.15, -0.1) is 11.6 Å². The smallest absolute Gasteiger partial charge is 0.329 e. The summed E-state index contributed by atoms with van der Waals surface area (Å²) < 4.78 is 2.97. The van der Waals surface area contributed by atoms with Gasteiger partial charge in [-0.05, 0) is 11.6 Å². The molecule has 0 aliphatic rings. The van der Waals surface area contributed by atoms with Gasteiger partial charge < -0.3 is 9.67 Å². The topological polar surface area (TPSA) is 92.9 Å². The van der Waals surface area contributed by atoms with Gasteiger partial charge >= 0.3 is 5.69 Å². The monoisotopic (exact) mass is 414 g/mol. The van der Waals surface area contributed by atoms with E-state index in [4.69, 9.17) is 23.2 Å². The average molecular weight is 415 g/mol. The molecule has 0 spiro atoms. The first kappa shape index (κ1) is 19.0. The van der Waals surface area contributed by atoms with Crippen LogP contribution in [0.25, 0.3) is 11.2 Å². The molecular weight excluding hydrogens is 399 g/mol. The number of rotatable bonds is 6. The van der Waals surface area contributed by atoms with Crippen LogP contribution < -0.4 is 11.2 Å². The maximum atomic E-state index is 12.4. The van der Waals surface area contributed by atoms with E-state index in [0.717, 1.165) is 5.56 Å². The number of hydrogen-bond acceptors (Lipinski definition) is 5. The molecule has 1 atom stereocenters. The van der Waals surface area contributed by atoms with Crippen molar-refractivity contribution in [3.8, 4) is 0 Å². The maximum absolute atomic E-state index is 12.4. The highest BCUT2D eigenvalue weighted by Gasteiger charge is 2.19. The lowest BCUT2D eigenvalue weighted by atomic mass is 10.2. The highest BCUT2D eigenvalue weighted by Crippen LogP contribution is 2.25. The van der Waals surface area contributed by atoms with Gasteiger partial charge in [0.2, 0.25) is 0 Å². The van der Waals surface area contributed by atoms with E-state index in [1.165, 1.54) is 23.4 Å². The van der Waals surface area contributed by atoms with E-state index >= 15 is 0 Å². The van der Waals surface area contributed by atoms with Gasteiger partial charge in [0.05, 0.1) is 12.6 Å². The van der Waals surface area contributed by atoms with E-state index in [0.29, 0.717) is 22.5 Å². The number of aromatic amines is 1. The average Bonchev–Trinajstić information content (AvgIpc) is 2.98. The van der Waals surface area contributed by atoms with E-state index < -0.39 is 17.4 Å². The summed E-state index contributed by atoms with van der Waals surface area (Å²) in [7, 11) is 1.54. The quantitative estimate of drug-likeness (QED) is 0.473. The van der Waals surface area contributed by atoms with Crippen LogP contribution in [0.4, 0.5) is 0 Å². The molecule has 0 aliphatic carbocycles. The minimum absolute atomic E-state index is 0.0941. The number of fused-ring (bicyclic) bond motifs is 1. The lowest BCUT2D eigenvalue weighted by Gasteiger charge is -2.11. The Hall–Kier alpha value is -1.74. The van der Waals surface area contributed by atoms with Crippen molar-refractivity contribution in [2.75, 3.05) is 11.6 Å². The van der Waals surface area contributed by atoms with Crippen molar-refractivity contribution in [1.29, 1.82) is 0 Å². The number of thioether (sulfide) groups is 1. The predicted octanol–water partition coefficient (Wildman–Crippen LogP) is 1.82. The number of halogens is 2. The van der Waals surface area contributed by atoms with Crippen molar-refractivity contribution in [2.24, 2.45) is 7.05 Å². The molecule has 0 unspecified atom stereocenters. The van der Waals surface area contributed by atoms with Crippen LogP contribution >= 0.6 is 35.0 Å². The molecule has 0 radical (unpaired) electrons. The zero-order valence-electron chi connectivity index (χ0n) is 13.8. The number of aromatic nitrogens is 4. The van der Waals surface area contributed by atoms with Crippen LogP contribution in [0.1, 0.15) is 5.56 Å². The number of aliphatic hydroxyl groups excluding tert-OH is 1. The number of imidazole rings is 1. The summed E-state index contributed by atoms with van der Waals surface area (Å²) in [4.78, 5) is 31.0. The fourth-order valence-corrected chi connectivity index (χ4v) is 3.84. The lowest BCUT2D eigenvalue weighted by molar-refractivity contribution is 0.223. The van der Waals surface area contributed by atoms with Gasteiger partial charge in [-0.1, -0.05) is 41.6 Å². The minimum atomic E-state index is -0.711. The number of nitrogens with one attached hydrogen (secondary N) is 1. The largest absolute Gasteiger partial charge is 0.391 e. The van der Waals surface area contributed by atoms with Crippen molar-refractivity contribution < 1.29 is 5.11 Å². The number of nitrogens with zero attached hydrogens (tertiary/aromatic N) is 3. The number of aliphatic hydroxyl groups is 1. The standard InChI is InChI=1S/C16H16Cl2N4O3S/c1-21-13-12(14(24)20-15(21)25)22(7-9-4-2-3-5-11(9)18)16(19-13)26-8-10(23)6-17/h2-5,10,23H,6-8H2,1H3,(H,20,24,25)/t10-/m0/s1. The normalized spacial score (nSPS) is 12.6. The second kappa shape index (κ2) is 7.87. The number of H-pyrrole nitrogens is 1. The van der Waals surface area contributed by atoms with Crippen LogP contribution in [0.15, 0.2) is 39.0 Å². The van der Waals surface area contributed by atoms with Gasteiger partial charge in [-0.25, -0.2) is 9.78 Å². The number of alkyl halides is 1. The van der Waals surface area contributed by atoms with Gasteiger partial charge in [0.1, 0.15) is 0 Å². The van der Waals surface area contributed by atoms with E-state index in [9.17, 15) is 14.7 Å². The van der Waals surface area contributed by atoms with Crippen LogP contribution in [0, 0.1) is 0 Å². The molecule has 2 heterocycles. The van der Waals surface area contributed by atoms with Gasteiger partial charge in [-0.2, -0.15) is 0 Å². The number of aryl methyl sites for hydroxylation is 1. The van der Waals surface area contributed by atoms with Gasteiger partial charge in [-0.3, -0.25) is 14.3 Å². The van der Waals surface area contributed by atoms with Crippen LogP contribution in [0.5, 0.6) is 0 Å². The van der Waals surface area contributed by atoms with Crippen molar-refractivity contribution in [2.45, 2.75) is 17.8 Å². The Morgan fingerprint density at radius 1 is 1.35 bits per heavy atom. The Kier molecular flexibility index (Phi) is 5.76. The molecule has 138 valence electrons. The maximum Gasteiger partial charge on any atom is 0.329 e. The van der Waals surface area contributed by atoms with Crippen molar-refractivity contribution in [3.05, 3.63) is 55.7 Å². The summed E-state index contributed by atoms with van der Waals surface area (Å²) in [6.45, 7) is 0.302. The molecule has 7 nitrogen and oxygen atoms in total. The Morgan fingerprint density at radius 2 is 2.08 bits per heavy atom. The molecule has 10 heteroatoms. The molecule has 0 saturated heterocycles. The Labute approximate surface area is 162 Å². The SMILES string of the molecule is Cn1c(=O)[nH]c(=O)c2c1nc(SC[C@@H](O)CCl)n2Cc1ccccc1Cl. The highest BCUT2D eigenvalue weighted by molar-refractivity contribution is 7.99. The molecule has 0 fully saturated rings. The van der Waals surface area contributed by atoms with E-state index in [-0.39, 0.29) is 17.0 Å². The highest BCUT2D eigenvalue weighted by atomic mass is 35.5. The third-order valence-corrected chi connectivity index (χ3v) is 5.69. The van der Waals surface area contributed by atoms with Crippen molar-refractivity contribution in [3.63, 3.8) is 0 Å². The fourth-order valence-electron chi connectivity index (χ4n) is 2.48. The molecular formula is C16H16Cl2N4O3S. The molecule has 2 aromatic heterocycles. The summed E-state index contributed by atoms with van der Waals surface area (Å²) in [6.07, 6.45) is -0.711. The van der Waals surface area contributed by atoms with Gasteiger partial charge in [0, 0.05) is 23.7 Å². The first-order valence-corrected chi connectivity index (χ1v) is 9.62. The molecule has 3 aromatic rings. The van der Waals surface area contributed by atoms with E-state index in [2.05, 4.69) is 9.97 Å². The third-order valence-electron chi connectivity index (χ3n) is 3.84. The number of benzene rings is 1. The molecule has 0 amide bonds. The van der Waals surface area contributed by atoms with E-state index in [1.807, 2.05) is 18.2 Å². The molecule has 1 aromatic carbocycles. The summed E-state index contributed by atoms with van der Waals surface area (Å²) in [6, 6.07) is 7.29. The van der Waals surface area contributed by atoms with Crippen LogP contribution in [0.2, 0.25) is 5.02 Å². The van der Waals surface area contributed by atoms with Gasteiger partial charge in [0.15, 0.2) is 16.3 Å². The zero-order chi connectivity index (χ0) is 18.8. The van der Waals surface area contributed by atoms with Crippen LogP contribution in [0.3, 0.4) is 0 Å². The Balaban J connectivity index is 2.16. The van der Waals surface area contributed by atoms with E-state index in [1.54, 1.807) is 10.6 Å². The molecule has 0 aliphatic heterocycles. The second-order valence-corrected chi connectivity index (χ2v) is 7.38. The molecule has 0 saturated carbocycles. The van der Waals surface area contributed by atoms with Crippen molar-refractivity contribution in [1.82, 2.24) is 19.1 Å². The summed E-state index contributed by atoms with van der Waals surface area (Å²) in [5, 5.41) is 10.8. The Morgan fingerprint density at radius 3 is 2.77 bits per heavy atom. The first-order valence-electron chi connectivity index (χ1n) is 7.72. The second-order valence-electron chi connectivity index (χ2n) is 5.68. The summed E-state index contributed by atoms with van der Waals surface area (Å²) in [5.74, 6) is 0.401. The summed E-state index contributed by atoms with van der Waals surface area (Å²) in [5.41, 5.74) is 0.291. The zero-order valence-corrected chi connectivity index (χ0v) is 16.1. The van der Waals surface area contributed by atoms with Crippen LogP contribution in [-0.4, -0.2) is 41.9 Å². The third kappa shape index (κ3) is 3.68. The molecule has 2 N–H and O–H groups in total. The lowest BCUT2D eigenvalue weighted by Crippen LogP contribution is -2.29. The molecule has 3 rings (SSSR count). The van der Waals surface area contributed by atoms with Crippen molar-refractivity contribution >= 4 is 46.1 Å². The van der Waals surface area contributed by atoms with Crippen LogP contribution in [-0.2, 0) is 13.6 Å². The Bertz CT molecular complexity index is 1060. The fraction of sp³-hybridized carbons (Fsp3) is 0.312. The first-order chi connectivity index (χ1) is 12.4. The van der Waals surface area contributed by atoms with Gasteiger partial charge in [0.25, 0.3) is 5.56 Å². The molecule has 0 bridgehead atoms. The predicted molar refractivity (Wildman–Crippen MR) is 104 cm³/mol. The summed E-state index contributed by atoms with van der Waals surface area (Å²) >= 11 is 13.2. The molecule has 26 heavy (non-hydrogen) atoms.